The molecule has 0 aromatic heterocycles. The molecule has 26 heavy (non-hydrogen) atoms. The van der Waals surface area contributed by atoms with E-state index in [1.165, 1.54) is 18.5 Å². The Balaban J connectivity index is 1.62. The summed E-state index contributed by atoms with van der Waals surface area (Å²) < 4.78 is 7.35. The van der Waals surface area contributed by atoms with Crippen LogP contribution < -0.4 is 15.1 Å². The fourth-order valence-electron chi connectivity index (χ4n) is 2.88. The SMILES string of the molecule is COc1c(I)cc(/C=N\NC(=O)c2ccc(N3CCCC3)cc2)cc1I. The second-order valence-electron chi connectivity index (χ2n) is 5.96. The lowest BCUT2D eigenvalue weighted by Crippen LogP contribution is -2.19. The highest BCUT2D eigenvalue weighted by Crippen LogP contribution is 2.28. The van der Waals surface area contributed by atoms with Crippen LogP contribution in [0.5, 0.6) is 5.75 Å². The van der Waals surface area contributed by atoms with E-state index in [-0.39, 0.29) is 5.91 Å². The van der Waals surface area contributed by atoms with Gasteiger partial charge in [0.2, 0.25) is 0 Å². The van der Waals surface area contributed by atoms with E-state index in [4.69, 9.17) is 4.74 Å². The normalized spacial score (nSPS) is 14.0. The van der Waals surface area contributed by atoms with Gasteiger partial charge in [-0.2, -0.15) is 5.10 Å². The fraction of sp³-hybridized carbons (Fsp3) is 0.263. The number of hydrogen-bond donors (Lipinski definition) is 1. The van der Waals surface area contributed by atoms with Crippen LogP contribution in [0.4, 0.5) is 5.69 Å². The number of benzene rings is 2. The number of methoxy groups -OCH3 is 1. The summed E-state index contributed by atoms with van der Waals surface area (Å²) in [6.07, 6.45) is 4.11. The summed E-state index contributed by atoms with van der Waals surface area (Å²) in [5.74, 6) is 0.637. The van der Waals surface area contributed by atoms with Gasteiger partial charge in [0, 0.05) is 24.3 Å². The number of rotatable bonds is 5. The van der Waals surface area contributed by atoms with Crippen molar-refractivity contribution in [2.45, 2.75) is 12.8 Å². The summed E-state index contributed by atoms with van der Waals surface area (Å²) >= 11 is 4.44. The van der Waals surface area contributed by atoms with Gasteiger partial charge in [-0.3, -0.25) is 4.79 Å². The van der Waals surface area contributed by atoms with Crippen molar-refractivity contribution in [3.63, 3.8) is 0 Å². The molecule has 0 atom stereocenters. The van der Waals surface area contributed by atoms with E-state index in [9.17, 15) is 4.79 Å². The molecule has 1 amide bonds. The molecule has 0 radical (unpaired) electrons. The Morgan fingerprint density at radius 3 is 2.35 bits per heavy atom. The molecule has 1 N–H and O–H groups in total. The van der Waals surface area contributed by atoms with Crippen molar-refractivity contribution in [2.24, 2.45) is 5.10 Å². The third-order valence-corrected chi connectivity index (χ3v) is 5.81. The van der Waals surface area contributed by atoms with E-state index < -0.39 is 0 Å². The molecule has 0 aliphatic carbocycles. The molecule has 1 aliphatic heterocycles. The number of carbonyl (C=O) groups excluding carboxylic acids is 1. The Hall–Kier alpha value is -1.36. The first-order chi connectivity index (χ1) is 12.6. The molecule has 5 nitrogen and oxygen atoms in total. The summed E-state index contributed by atoms with van der Waals surface area (Å²) in [5.41, 5.74) is 5.26. The standard InChI is InChI=1S/C19H19I2N3O2/c1-26-18-16(20)10-13(11-17(18)21)12-22-23-19(25)14-4-6-15(7-5-14)24-8-2-3-9-24/h4-7,10-12H,2-3,8-9H2,1H3,(H,23,25)/b22-12-. The third kappa shape index (κ3) is 4.67. The van der Waals surface area contributed by atoms with Crippen molar-refractivity contribution in [1.82, 2.24) is 5.43 Å². The van der Waals surface area contributed by atoms with Gasteiger partial charge in [0.25, 0.3) is 5.91 Å². The number of nitrogens with one attached hydrogen (secondary N) is 1. The van der Waals surface area contributed by atoms with Gasteiger partial charge >= 0.3 is 0 Å². The third-order valence-electron chi connectivity index (χ3n) is 4.21. The van der Waals surface area contributed by atoms with Gasteiger partial charge in [-0.15, -0.1) is 0 Å². The van der Waals surface area contributed by atoms with Crippen LogP contribution in [-0.2, 0) is 0 Å². The predicted molar refractivity (Wildman–Crippen MR) is 121 cm³/mol. The smallest absolute Gasteiger partial charge is 0.271 e. The first-order valence-corrected chi connectivity index (χ1v) is 10.5. The van der Waals surface area contributed by atoms with Gasteiger partial charge in [-0.1, -0.05) is 0 Å². The summed E-state index contributed by atoms with van der Waals surface area (Å²) in [4.78, 5) is 14.6. The second-order valence-corrected chi connectivity index (χ2v) is 8.28. The largest absolute Gasteiger partial charge is 0.495 e. The minimum absolute atomic E-state index is 0.216. The number of hydrazone groups is 1. The lowest BCUT2D eigenvalue weighted by molar-refractivity contribution is 0.0955. The summed E-state index contributed by atoms with van der Waals surface area (Å²) in [6.45, 7) is 2.19. The molecule has 1 fully saturated rings. The average molecular weight is 575 g/mol. The van der Waals surface area contributed by atoms with Gasteiger partial charge in [0.05, 0.1) is 20.5 Å². The van der Waals surface area contributed by atoms with Crippen LogP contribution in [0.3, 0.4) is 0 Å². The number of ether oxygens (including phenoxy) is 1. The molecule has 1 heterocycles. The molecule has 0 saturated carbocycles. The van der Waals surface area contributed by atoms with Crippen molar-refractivity contribution >= 4 is 63.0 Å². The topological polar surface area (TPSA) is 53.9 Å². The van der Waals surface area contributed by atoms with E-state index >= 15 is 0 Å². The van der Waals surface area contributed by atoms with Crippen LogP contribution in [0.25, 0.3) is 0 Å². The minimum Gasteiger partial charge on any atom is -0.495 e. The summed E-state index contributed by atoms with van der Waals surface area (Å²) in [7, 11) is 1.66. The molecule has 1 saturated heterocycles. The number of halogens is 2. The van der Waals surface area contributed by atoms with Crippen LogP contribution in [0.15, 0.2) is 41.5 Å². The Morgan fingerprint density at radius 2 is 1.77 bits per heavy atom. The molecular weight excluding hydrogens is 556 g/mol. The van der Waals surface area contributed by atoms with Crippen LogP contribution in [0.1, 0.15) is 28.8 Å². The fourth-order valence-corrected chi connectivity index (χ4v) is 5.13. The highest BCUT2D eigenvalue weighted by Gasteiger charge is 2.13. The van der Waals surface area contributed by atoms with Crippen LogP contribution in [-0.4, -0.2) is 32.3 Å². The van der Waals surface area contributed by atoms with E-state index in [1.807, 2.05) is 36.4 Å². The summed E-state index contributed by atoms with van der Waals surface area (Å²) in [6, 6.07) is 11.6. The number of carbonyl (C=O) groups is 1. The van der Waals surface area contributed by atoms with Gasteiger partial charge in [0.15, 0.2) is 0 Å². The van der Waals surface area contributed by atoms with Crippen LogP contribution >= 0.6 is 45.2 Å². The molecule has 1 aliphatic rings. The monoisotopic (exact) mass is 575 g/mol. The van der Waals surface area contributed by atoms with Gasteiger partial charge < -0.3 is 9.64 Å². The molecule has 7 heteroatoms. The van der Waals surface area contributed by atoms with Crippen LogP contribution in [0.2, 0.25) is 0 Å². The molecule has 136 valence electrons. The van der Waals surface area contributed by atoms with Gasteiger partial charge in [0.1, 0.15) is 5.75 Å². The van der Waals surface area contributed by atoms with Crippen molar-refractivity contribution in [3.8, 4) is 5.75 Å². The first-order valence-electron chi connectivity index (χ1n) is 8.30. The number of nitrogens with zero attached hydrogens (tertiary/aromatic N) is 2. The van der Waals surface area contributed by atoms with E-state index in [1.54, 1.807) is 13.3 Å². The van der Waals surface area contributed by atoms with Crippen LogP contribution in [0, 0.1) is 7.14 Å². The zero-order valence-corrected chi connectivity index (χ0v) is 18.7. The maximum absolute atomic E-state index is 12.2. The molecule has 0 bridgehead atoms. The lowest BCUT2D eigenvalue weighted by atomic mass is 10.2. The molecule has 0 unspecified atom stereocenters. The van der Waals surface area contributed by atoms with Gasteiger partial charge in [-0.25, -0.2) is 5.43 Å². The molecule has 3 rings (SSSR count). The van der Waals surface area contributed by atoms with E-state index in [2.05, 4.69) is 60.6 Å². The van der Waals surface area contributed by atoms with Crippen molar-refractivity contribution < 1.29 is 9.53 Å². The minimum atomic E-state index is -0.216. The molecular formula is C19H19I2N3O2. The van der Waals surface area contributed by atoms with Crippen molar-refractivity contribution in [3.05, 3.63) is 54.7 Å². The van der Waals surface area contributed by atoms with Crippen molar-refractivity contribution in [2.75, 3.05) is 25.1 Å². The maximum atomic E-state index is 12.2. The maximum Gasteiger partial charge on any atom is 0.271 e. The number of amides is 1. The Bertz CT molecular complexity index is 793. The molecule has 2 aromatic rings. The Kier molecular flexibility index (Phi) is 6.74. The molecule has 2 aromatic carbocycles. The zero-order chi connectivity index (χ0) is 18.5. The number of hydrogen-bond acceptors (Lipinski definition) is 4. The summed E-state index contributed by atoms with van der Waals surface area (Å²) in [5, 5.41) is 4.07. The zero-order valence-electron chi connectivity index (χ0n) is 14.3. The van der Waals surface area contributed by atoms with E-state index in [0.29, 0.717) is 5.56 Å². The molecule has 0 spiro atoms. The Labute approximate surface area is 180 Å². The second kappa shape index (κ2) is 9.03. The van der Waals surface area contributed by atoms with Crippen molar-refractivity contribution in [1.29, 1.82) is 0 Å². The average Bonchev–Trinajstić information content (AvgIpc) is 3.16. The van der Waals surface area contributed by atoms with E-state index in [0.717, 1.165) is 31.5 Å². The predicted octanol–water partition coefficient (Wildman–Crippen LogP) is 4.27. The highest BCUT2D eigenvalue weighted by molar-refractivity contribution is 14.1. The Morgan fingerprint density at radius 1 is 1.15 bits per heavy atom. The number of anilines is 1. The van der Waals surface area contributed by atoms with Gasteiger partial charge in [-0.05, 0) is 100.0 Å². The highest BCUT2D eigenvalue weighted by atomic mass is 127. The quantitative estimate of drug-likeness (QED) is 0.330. The lowest BCUT2D eigenvalue weighted by Gasteiger charge is -2.17. The first kappa shape index (κ1) is 19.4.